The molecule has 3 rings (SSSR count). The minimum absolute atomic E-state index is 0.158. The Morgan fingerprint density at radius 1 is 1.30 bits per heavy atom. The van der Waals surface area contributed by atoms with Gasteiger partial charge in [-0.05, 0) is 36.8 Å². The second-order valence-corrected chi connectivity index (χ2v) is 6.97. The van der Waals surface area contributed by atoms with Crippen LogP contribution in [0.15, 0.2) is 52.0 Å². The van der Waals surface area contributed by atoms with Gasteiger partial charge in [-0.1, -0.05) is 35.0 Å². The number of aromatic nitrogens is 2. The van der Waals surface area contributed by atoms with Crippen LogP contribution in [0.5, 0.6) is 5.75 Å². The SMILES string of the molecule is CN=C(NCCc1nc(-c2cccc(Cl)c2)no1)NC(C)c1ccc(OC)c(F)c1. The molecule has 0 radical (unpaired) electrons. The van der Waals surface area contributed by atoms with Crippen molar-refractivity contribution in [1.82, 2.24) is 20.8 Å². The van der Waals surface area contributed by atoms with E-state index in [1.54, 1.807) is 25.2 Å². The van der Waals surface area contributed by atoms with E-state index in [1.165, 1.54) is 13.2 Å². The van der Waals surface area contributed by atoms with E-state index in [2.05, 4.69) is 25.8 Å². The maximum absolute atomic E-state index is 13.9. The second kappa shape index (κ2) is 10.1. The van der Waals surface area contributed by atoms with Gasteiger partial charge in [-0.2, -0.15) is 4.98 Å². The number of aliphatic imine (C=N–C) groups is 1. The number of methoxy groups -OCH3 is 1. The van der Waals surface area contributed by atoms with Gasteiger partial charge >= 0.3 is 0 Å². The van der Waals surface area contributed by atoms with E-state index in [9.17, 15) is 4.39 Å². The van der Waals surface area contributed by atoms with Crippen molar-refractivity contribution >= 4 is 17.6 Å². The van der Waals surface area contributed by atoms with Crippen LogP contribution in [0.2, 0.25) is 5.02 Å². The second-order valence-electron chi connectivity index (χ2n) is 6.53. The zero-order chi connectivity index (χ0) is 21.5. The first kappa shape index (κ1) is 21.6. The Kier molecular flexibility index (Phi) is 7.24. The highest BCUT2D eigenvalue weighted by molar-refractivity contribution is 6.30. The van der Waals surface area contributed by atoms with Gasteiger partial charge in [0.1, 0.15) is 0 Å². The first-order chi connectivity index (χ1) is 14.5. The predicted octanol–water partition coefficient (Wildman–Crippen LogP) is 4.01. The smallest absolute Gasteiger partial charge is 0.228 e. The van der Waals surface area contributed by atoms with E-state index in [-0.39, 0.29) is 11.8 Å². The Bertz CT molecular complexity index is 1020. The lowest BCUT2D eigenvalue weighted by Gasteiger charge is -2.18. The summed E-state index contributed by atoms with van der Waals surface area (Å²) in [5.41, 5.74) is 1.57. The summed E-state index contributed by atoms with van der Waals surface area (Å²) in [4.78, 5) is 8.59. The molecule has 0 aliphatic carbocycles. The highest BCUT2D eigenvalue weighted by atomic mass is 35.5. The van der Waals surface area contributed by atoms with Crippen molar-refractivity contribution in [2.45, 2.75) is 19.4 Å². The van der Waals surface area contributed by atoms with Gasteiger partial charge in [-0.3, -0.25) is 4.99 Å². The molecule has 3 aromatic rings. The third-order valence-electron chi connectivity index (χ3n) is 4.43. The fraction of sp³-hybridized carbons (Fsp3) is 0.286. The molecule has 2 N–H and O–H groups in total. The maximum atomic E-state index is 13.9. The van der Waals surface area contributed by atoms with Crippen molar-refractivity contribution in [3.63, 3.8) is 0 Å². The van der Waals surface area contributed by atoms with Crippen LogP contribution < -0.4 is 15.4 Å². The molecule has 0 aliphatic rings. The minimum atomic E-state index is -0.404. The average Bonchev–Trinajstić information content (AvgIpc) is 3.21. The Morgan fingerprint density at radius 3 is 2.83 bits per heavy atom. The van der Waals surface area contributed by atoms with Crippen LogP contribution in [0.4, 0.5) is 4.39 Å². The molecule has 0 aliphatic heterocycles. The molecule has 9 heteroatoms. The molecule has 0 saturated heterocycles. The summed E-state index contributed by atoms with van der Waals surface area (Å²) in [7, 11) is 3.10. The topological polar surface area (TPSA) is 84.6 Å². The van der Waals surface area contributed by atoms with Crippen molar-refractivity contribution in [2.75, 3.05) is 20.7 Å². The molecule has 158 valence electrons. The van der Waals surface area contributed by atoms with E-state index < -0.39 is 5.82 Å². The molecule has 0 spiro atoms. The molecule has 0 amide bonds. The summed E-state index contributed by atoms with van der Waals surface area (Å²) in [5, 5.41) is 11.0. The van der Waals surface area contributed by atoms with Gasteiger partial charge in [-0.15, -0.1) is 0 Å². The number of hydrogen-bond donors (Lipinski definition) is 2. The van der Waals surface area contributed by atoms with E-state index in [0.717, 1.165) is 11.1 Å². The number of ether oxygens (including phenoxy) is 1. The number of nitrogens with one attached hydrogen (secondary N) is 2. The molecule has 0 fully saturated rings. The number of guanidine groups is 1. The molecule has 30 heavy (non-hydrogen) atoms. The number of nitrogens with zero attached hydrogens (tertiary/aromatic N) is 3. The van der Waals surface area contributed by atoms with Crippen LogP contribution >= 0.6 is 11.6 Å². The van der Waals surface area contributed by atoms with Crippen LogP contribution in [0.25, 0.3) is 11.4 Å². The lowest BCUT2D eigenvalue weighted by Crippen LogP contribution is -2.39. The summed E-state index contributed by atoms with van der Waals surface area (Å²) < 4.78 is 24.2. The lowest BCUT2D eigenvalue weighted by molar-refractivity contribution is 0.378. The molecule has 2 aromatic carbocycles. The van der Waals surface area contributed by atoms with Gasteiger partial charge in [0.25, 0.3) is 0 Å². The van der Waals surface area contributed by atoms with Crippen molar-refractivity contribution in [2.24, 2.45) is 4.99 Å². The maximum Gasteiger partial charge on any atom is 0.228 e. The quantitative estimate of drug-likeness (QED) is 0.434. The normalized spacial score (nSPS) is 12.5. The number of halogens is 2. The van der Waals surface area contributed by atoms with E-state index >= 15 is 0 Å². The Labute approximate surface area is 179 Å². The van der Waals surface area contributed by atoms with Gasteiger partial charge < -0.3 is 19.9 Å². The Hall–Kier alpha value is -3.13. The van der Waals surface area contributed by atoms with Gasteiger partial charge in [0, 0.05) is 30.6 Å². The van der Waals surface area contributed by atoms with Crippen LogP contribution in [0.3, 0.4) is 0 Å². The summed E-state index contributed by atoms with van der Waals surface area (Å²) in [5.74, 6) is 1.38. The molecule has 0 saturated carbocycles. The highest BCUT2D eigenvalue weighted by Crippen LogP contribution is 2.22. The number of benzene rings is 2. The van der Waals surface area contributed by atoms with Crippen LogP contribution in [0, 0.1) is 5.82 Å². The summed E-state index contributed by atoms with van der Waals surface area (Å²) in [6.07, 6.45) is 0.514. The minimum Gasteiger partial charge on any atom is -0.494 e. The number of rotatable bonds is 7. The van der Waals surface area contributed by atoms with E-state index in [1.807, 2.05) is 25.1 Å². The van der Waals surface area contributed by atoms with Crippen LogP contribution in [0.1, 0.15) is 24.4 Å². The first-order valence-electron chi connectivity index (χ1n) is 9.39. The molecule has 1 aromatic heterocycles. The fourth-order valence-electron chi connectivity index (χ4n) is 2.82. The zero-order valence-electron chi connectivity index (χ0n) is 16.9. The summed E-state index contributed by atoms with van der Waals surface area (Å²) >= 11 is 6.00. The van der Waals surface area contributed by atoms with E-state index in [4.69, 9.17) is 20.9 Å². The van der Waals surface area contributed by atoms with Gasteiger partial charge in [0.05, 0.1) is 13.2 Å². The standard InChI is InChI=1S/C21H23ClFN5O2/c1-13(14-7-8-18(29-3)17(23)12-14)26-21(24-2)25-10-9-19-27-20(28-30-19)15-5-4-6-16(22)11-15/h4-8,11-13H,9-10H2,1-3H3,(H2,24,25,26). The molecule has 1 heterocycles. The third kappa shape index (κ3) is 5.48. The van der Waals surface area contributed by atoms with Gasteiger partial charge in [0.15, 0.2) is 17.5 Å². The Balaban J connectivity index is 1.53. The third-order valence-corrected chi connectivity index (χ3v) is 4.67. The van der Waals surface area contributed by atoms with Gasteiger partial charge in [-0.25, -0.2) is 4.39 Å². The summed E-state index contributed by atoms with van der Waals surface area (Å²) in [6, 6.07) is 12.0. The monoisotopic (exact) mass is 431 g/mol. The molecular weight excluding hydrogens is 409 g/mol. The van der Waals surface area contributed by atoms with Crippen LogP contribution in [-0.4, -0.2) is 36.8 Å². The molecule has 0 bridgehead atoms. The predicted molar refractivity (Wildman–Crippen MR) is 114 cm³/mol. The largest absolute Gasteiger partial charge is 0.494 e. The first-order valence-corrected chi connectivity index (χ1v) is 9.77. The van der Waals surface area contributed by atoms with Crippen LogP contribution in [-0.2, 0) is 6.42 Å². The fourth-order valence-corrected chi connectivity index (χ4v) is 3.01. The lowest BCUT2D eigenvalue weighted by atomic mass is 10.1. The molecule has 1 atom stereocenters. The van der Waals surface area contributed by atoms with Crippen molar-refractivity contribution in [1.29, 1.82) is 0 Å². The summed E-state index contributed by atoms with van der Waals surface area (Å²) in [6.45, 7) is 2.45. The van der Waals surface area contributed by atoms with Crippen molar-refractivity contribution in [3.05, 3.63) is 64.8 Å². The van der Waals surface area contributed by atoms with Crippen molar-refractivity contribution < 1.29 is 13.7 Å². The molecule has 1 unspecified atom stereocenters. The van der Waals surface area contributed by atoms with E-state index in [0.29, 0.717) is 35.7 Å². The average molecular weight is 432 g/mol. The number of hydrogen-bond acceptors (Lipinski definition) is 5. The highest BCUT2D eigenvalue weighted by Gasteiger charge is 2.12. The molecule has 7 nitrogen and oxygen atoms in total. The zero-order valence-corrected chi connectivity index (χ0v) is 17.7. The Morgan fingerprint density at radius 2 is 2.13 bits per heavy atom. The molecular formula is C21H23ClFN5O2. The van der Waals surface area contributed by atoms with Crippen molar-refractivity contribution in [3.8, 4) is 17.1 Å². The van der Waals surface area contributed by atoms with Gasteiger partial charge in [0.2, 0.25) is 11.7 Å².